The molecule has 4 atom stereocenters. The molecular weight excluding hydrogens is 320 g/mol. The van der Waals surface area contributed by atoms with Crippen LogP contribution in [0.15, 0.2) is 23.3 Å². The molecule has 5 rings (SSSR count). The molecule has 0 amide bonds. The van der Waals surface area contributed by atoms with Crippen LogP contribution in [-0.4, -0.2) is 36.4 Å². The van der Waals surface area contributed by atoms with E-state index in [4.69, 9.17) is 9.47 Å². The van der Waals surface area contributed by atoms with Crippen molar-refractivity contribution >= 4 is 11.9 Å². The van der Waals surface area contributed by atoms with Gasteiger partial charge in [0.25, 0.3) is 0 Å². The Balaban J connectivity index is 1.93. The Morgan fingerprint density at radius 3 is 2.68 bits per heavy atom. The maximum Gasteiger partial charge on any atom is 0.334 e. The fourth-order valence-corrected chi connectivity index (χ4v) is 5.59. The van der Waals surface area contributed by atoms with E-state index in [0.717, 1.165) is 18.4 Å². The molecule has 1 spiro atoms. The van der Waals surface area contributed by atoms with Gasteiger partial charge in [-0.25, -0.2) is 9.59 Å². The predicted octanol–water partition coefficient (Wildman–Crippen LogP) is 2.54. The van der Waals surface area contributed by atoms with Crippen LogP contribution in [0, 0.1) is 22.7 Å². The highest BCUT2D eigenvalue weighted by atomic mass is 16.5. The highest BCUT2D eigenvalue weighted by molar-refractivity contribution is 5.93. The first-order valence-corrected chi connectivity index (χ1v) is 9.21. The molecule has 0 aromatic carbocycles. The second kappa shape index (κ2) is 5.44. The van der Waals surface area contributed by atoms with E-state index in [9.17, 15) is 14.7 Å². The number of aliphatic hydroxyl groups excluding tert-OH is 1. The normalized spacial score (nSPS) is 40.3. The minimum absolute atomic E-state index is 0.0840. The second-order valence-corrected chi connectivity index (χ2v) is 8.73. The predicted molar refractivity (Wildman–Crippen MR) is 90.4 cm³/mol. The van der Waals surface area contributed by atoms with Crippen molar-refractivity contribution in [2.75, 3.05) is 13.2 Å². The summed E-state index contributed by atoms with van der Waals surface area (Å²) in [5, 5.41) is 11.1. The third-order valence-corrected chi connectivity index (χ3v) is 7.17. The van der Waals surface area contributed by atoms with Gasteiger partial charge in [-0.1, -0.05) is 20.4 Å². The van der Waals surface area contributed by atoms with Gasteiger partial charge in [0.15, 0.2) is 0 Å². The Labute approximate surface area is 148 Å². The largest absolute Gasteiger partial charge is 0.462 e. The summed E-state index contributed by atoms with van der Waals surface area (Å²) < 4.78 is 11.2. The molecule has 0 radical (unpaired) electrons. The summed E-state index contributed by atoms with van der Waals surface area (Å²) in [7, 11) is 0. The second-order valence-electron chi connectivity index (χ2n) is 8.73. The van der Waals surface area contributed by atoms with E-state index < -0.39 is 11.5 Å². The molecular formula is C20H26O5. The first-order chi connectivity index (χ1) is 11.8. The molecule has 5 nitrogen and oxygen atoms in total. The van der Waals surface area contributed by atoms with Crippen molar-refractivity contribution in [2.45, 2.75) is 52.1 Å². The lowest BCUT2D eigenvalue weighted by Crippen LogP contribution is -2.60. The van der Waals surface area contributed by atoms with Gasteiger partial charge in [0.2, 0.25) is 0 Å². The van der Waals surface area contributed by atoms with Gasteiger partial charge in [-0.2, -0.15) is 0 Å². The molecule has 5 heteroatoms. The number of hydrogen-bond acceptors (Lipinski definition) is 5. The number of rotatable bonds is 0. The van der Waals surface area contributed by atoms with Crippen molar-refractivity contribution in [1.82, 2.24) is 0 Å². The number of fused-ring (bicyclic) bond motifs is 4. The summed E-state index contributed by atoms with van der Waals surface area (Å²) in [6, 6.07) is 0. The zero-order valence-corrected chi connectivity index (χ0v) is 15.0. The summed E-state index contributed by atoms with van der Waals surface area (Å²) in [6.07, 6.45) is 2.87. The van der Waals surface area contributed by atoms with Crippen molar-refractivity contribution in [3.8, 4) is 0 Å². The Kier molecular flexibility index (Phi) is 3.66. The van der Waals surface area contributed by atoms with Crippen LogP contribution < -0.4 is 0 Å². The smallest absolute Gasteiger partial charge is 0.334 e. The lowest BCUT2D eigenvalue weighted by molar-refractivity contribution is -0.177. The number of hydrogen-bond donors (Lipinski definition) is 1. The van der Waals surface area contributed by atoms with Crippen LogP contribution in [0.3, 0.4) is 0 Å². The Morgan fingerprint density at radius 2 is 1.92 bits per heavy atom. The Morgan fingerprint density at radius 1 is 1.16 bits per heavy atom. The molecule has 4 bridgehead atoms. The molecule has 1 saturated heterocycles. The Bertz CT molecular complexity index is 688. The monoisotopic (exact) mass is 346 g/mol. The van der Waals surface area contributed by atoms with Crippen LogP contribution in [-0.2, 0) is 19.1 Å². The van der Waals surface area contributed by atoms with E-state index in [2.05, 4.69) is 20.4 Å². The van der Waals surface area contributed by atoms with Crippen molar-refractivity contribution < 1.29 is 24.2 Å². The maximum absolute atomic E-state index is 12.5. The van der Waals surface area contributed by atoms with E-state index in [1.54, 1.807) is 0 Å². The van der Waals surface area contributed by atoms with Gasteiger partial charge in [0.1, 0.15) is 6.61 Å². The van der Waals surface area contributed by atoms with Crippen LogP contribution in [0.2, 0.25) is 0 Å². The van der Waals surface area contributed by atoms with E-state index in [1.807, 2.05) is 0 Å². The lowest BCUT2D eigenvalue weighted by Gasteiger charge is -2.58. The molecule has 2 fully saturated rings. The fraction of sp³-hybridized carbons (Fsp3) is 0.700. The molecule has 1 saturated carbocycles. The third kappa shape index (κ3) is 2.24. The standard InChI is InChI=1S/C20H26O5/c1-11-12-4-5-14-13(8-12)18(23)25-10-20(14)15(9-24-17(11)22)19(2,3)7-6-16(20)21/h12,15-16,21H,1,4-10H2,2-3H3. The van der Waals surface area contributed by atoms with Gasteiger partial charge in [0.05, 0.1) is 18.1 Å². The van der Waals surface area contributed by atoms with Crippen LogP contribution in [0.25, 0.3) is 0 Å². The highest BCUT2D eigenvalue weighted by Crippen LogP contribution is 2.60. The van der Waals surface area contributed by atoms with Crippen molar-refractivity contribution in [2.24, 2.45) is 22.7 Å². The van der Waals surface area contributed by atoms with Gasteiger partial charge in [-0.15, -0.1) is 0 Å². The first-order valence-electron chi connectivity index (χ1n) is 9.21. The van der Waals surface area contributed by atoms with E-state index in [0.29, 0.717) is 30.4 Å². The fourth-order valence-electron chi connectivity index (χ4n) is 5.59. The molecule has 0 aromatic rings. The molecule has 25 heavy (non-hydrogen) atoms. The lowest BCUT2D eigenvalue weighted by atomic mass is 9.50. The highest BCUT2D eigenvalue weighted by Gasteiger charge is 2.60. The number of aliphatic hydroxyl groups is 1. The molecule has 0 aromatic heterocycles. The average molecular weight is 346 g/mol. The van der Waals surface area contributed by atoms with Crippen molar-refractivity contribution in [3.63, 3.8) is 0 Å². The first kappa shape index (κ1) is 16.8. The van der Waals surface area contributed by atoms with Crippen LogP contribution in [0.1, 0.15) is 46.0 Å². The molecule has 3 heterocycles. The summed E-state index contributed by atoms with van der Waals surface area (Å²) in [5.74, 6) is -0.831. The van der Waals surface area contributed by atoms with E-state index in [1.165, 1.54) is 0 Å². The van der Waals surface area contributed by atoms with Gasteiger partial charge in [-0.05, 0) is 49.0 Å². The minimum atomic E-state index is -0.630. The van der Waals surface area contributed by atoms with Crippen molar-refractivity contribution in [3.05, 3.63) is 23.3 Å². The van der Waals surface area contributed by atoms with Crippen molar-refractivity contribution in [1.29, 1.82) is 0 Å². The van der Waals surface area contributed by atoms with Crippen LogP contribution >= 0.6 is 0 Å². The van der Waals surface area contributed by atoms with Gasteiger partial charge >= 0.3 is 11.9 Å². The number of esters is 2. The number of carbonyl (C=O) groups is 2. The van der Waals surface area contributed by atoms with E-state index in [-0.39, 0.29) is 42.4 Å². The SMILES string of the molecule is C=C1C(=O)OCC2C(C)(C)CCC(O)C23COC(=O)C2=C3CCC1C2. The minimum Gasteiger partial charge on any atom is -0.462 e. The third-order valence-electron chi connectivity index (χ3n) is 7.17. The molecule has 3 aliphatic heterocycles. The van der Waals surface area contributed by atoms with Crippen LogP contribution in [0.5, 0.6) is 0 Å². The summed E-state index contributed by atoms with van der Waals surface area (Å²) in [4.78, 5) is 24.9. The van der Waals surface area contributed by atoms with Gasteiger partial charge in [0, 0.05) is 17.1 Å². The molecule has 4 unspecified atom stereocenters. The van der Waals surface area contributed by atoms with E-state index >= 15 is 0 Å². The zero-order valence-electron chi connectivity index (χ0n) is 15.0. The number of ether oxygens (including phenoxy) is 2. The van der Waals surface area contributed by atoms with Gasteiger partial charge in [-0.3, -0.25) is 0 Å². The molecule has 2 aliphatic carbocycles. The van der Waals surface area contributed by atoms with Crippen LogP contribution in [0.4, 0.5) is 0 Å². The molecule has 5 aliphatic rings. The summed E-state index contributed by atoms with van der Waals surface area (Å²) >= 11 is 0. The van der Waals surface area contributed by atoms with Gasteiger partial charge < -0.3 is 14.6 Å². The number of carbonyl (C=O) groups excluding carboxylic acids is 2. The average Bonchev–Trinajstić information content (AvgIpc) is 2.59. The maximum atomic E-state index is 12.5. The number of cyclic esters (lactones) is 1. The topological polar surface area (TPSA) is 72.8 Å². The zero-order chi connectivity index (χ0) is 18.0. The Hall–Kier alpha value is -1.62. The summed E-state index contributed by atoms with van der Waals surface area (Å²) in [5.41, 5.74) is 1.41. The quantitative estimate of drug-likeness (QED) is 0.539. The molecule has 1 N–H and O–H groups in total. The molecule has 136 valence electrons. The summed E-state index contributed by atoms with van der Waals surface area (Å²) in [6.45, 7) is 8.65.